The van der Waals surface area contributed by atoms with Crippen molar-refractivity contribution in [2.75, 3.05) is 14.2 Å². The molecule has 0 radical (unpaired) electrons. The highest BCUT2D eigenvalue weighted by atomic mass is 35.5. The smallest absolute Gasteiger partial charge is 0.364 e. The molecule has 0 atom stereocenters. The second-order valence-corrected chi connectivity index (χ2v) is 9.42. The summed E-state index contributed by atoms with van der Waals surface area (Å²) in [6, 6.07) is 0.976. The summed E-state index contributed by atoms with van der Waals surface area (Å²) in [7, 11) is 0.746. The first kappa shape index (κ1) is 20.7. The van der Waals surface area contributed by atoms with Crippen LogP contribution < -0.4 is 0 Å². The summed E-state index contributed by atoms with van der Waals surface area (Å²) in [4.78, 5) is 0. The maximum absolute atomic E-state index is 5.35. The van der Waals surface area contributed by atoms with Crippen LogP contribution in [0.5, 0.6) is 0 Å². The Morgan fingerprint density at radius 3 is 1.83 bits per heavy atom. The summed E-state index contributed by atoms with van der Waals surface area (Å²) in [5.41, 5.74) is 3.56. The van der Waals surface area contributed by atoms with Crippen LogP contribution in [0.4, 0.5) is 0 Å². The molecule has 0 aromatic heterocycles. The van der Waals surface area contributed by atoms with E-state index in [4.69, 9.17) is 36.5 Å². The first-order valence-electron chi connectivity index (χ1n) is 5.62. The molecule has 0 aromatic rings. The molecular weight excluding hydrogens is 307 g/mol. The Labute approximate surface area is 124 Å². The van der Waals surface area contributed by atoms with Crippen LogP contribution in [0, 0.1) is 5.92 Å². The summed E-state index contributed by atoms with van der Waals surface area (Å²) in [6.45, 7) is 11.5. The molecule has 3 nitrogen and oxygen atoms in total. The van der Waals surface area contributed by atoms with Crippen molar-refractivity contribution in [2.45, 2.75) is 24.9 Å². The summed E-state index contributed by atoms with van der Waals surface area (Å²) >= 11 is 10.4. The summed E-state index contributed by atoms with van der Waals surface area (Å²) in [6.07, 6.45) is 0. The molecule has 0 saturated carbocycles. The molecule has 0 amide bonds. The van der Waals surface area contributed by atoms with E-state index in [-0.39, 0.29) is 0 Å². The van der Waals surface area contributed by atoms with E-state index < -0.39 is 23.3 Å². The second kappa shape index (κ2) is 12.4. The van der Waals surface area contributed by atoms with Gasteiger partial charge in [-0.3, -0.25) is 0 Å². The molecule has 18 heavy (non-hydrogen) atoms. The van der Waals surface area contributed by atoms with Crippen LogP contribution in [0.15, 0.2) is 24.6 Å². The zero-order valence-corrected chi connectivity index (χ0v) is 15.5. The molecule has 0 spiro atoms. The van der Waals surface area contributed by atoms with Crippen LogP contribution >= 0.6 is 23.2 Å². The Hall–Kier alpha value is 0.374. The van der Waals surface area contributed by atoms with E-state index >= 15 is 0 Å². The topological polar surface area (TPSA) is 27.7 Å². The van der Waals surface area contributed by atoms with E-state index in [2.05, 4.69) is 27.0 Å². The summed E-state index contributed by atoms with van der Waals surface area (Å²) < 4.78 is 15.4. The van der Waals surface area contributed by atoms with Crippen LogP contribution in [-0.4, -0.2) is 37.6 Å². The van der Waals surface area contributed by atoms with Gasteiger partial charge in [0.05, 0.1) is 0 Å². The van der Waals surface area contributed by atoms with Crippen molar-refractivity contribution in [1.29, 1.82) is 0 Å². The minimum atomic E-state index is -2.02. The highest BCUT2D eigenvalue weighted by molar-refractivity contribution is 6.72. The van der Waals surface area contributed by atoms with Gasteiger partial charge in [0.1, 0.15) is 0 Å². The quantitative estimate of drug-likeness (QED) is 0.505. The van der Waals surface area contributed by atoms with Gasteiger partial charge in [-0.15, -0.1) is 13.2 Å². The monoisotopic (exact) mass is 330 g/mol. The third-order valence-corrected chi connectivity index (χ3v) is 6.86. The van der Waals surface area contributed by atoms with Crippen LogP contribution in [0.1, 0.15) is 13.8 Å². The van der Waals surface area contributed by atoms with Gasteiger partial charge in [0.2, 0.25) is 0 Å². The lowest BCUT2D eigenvalue weighted by Gasteiger charge is -2.24. The Morgan fingerprint density at radius 1 is 1.22 bits per heavy atom. The van der Waals surface area contributed by atoms with Gasteiger partial charge in [-0.25, -0.2) is 0 Å². The number of rotatable bonds is 8. The lowest BCUT2D eigenvalue weighted by atomic mass is 10.3. The maximum Gasteiger partial charge on any atom is 0.364 e. The molecule has 108 valence electrons. The van der Waals surface area contributed by atoms with Crippen molar-refractivity contribution in [3.63, 3.8) is 0 Å². The number of hydrogen-bond donors (Lipinski definition) is 0. The van der Waals surface area contributed by atoms with Gasteiger partial charge in [-0.1, -0.05) is 42.7 Å². The van der Waals surface area contributed by atoms with E-state index in [1.165, 1.54) is 0 Å². The number of hydrogen-bond acceptors (Lipinski definition) is 3. The first-order valence-corrected chi connectivity index (χ1v) is 9.98. The molecule has 0 aliphatic rings. The Kier molecular flexibility index (Phi) is 14.3. The first-order chi connectivity index (χ1) is 8.37. The van der Waals surface area contributed by atoms with Crippen LogP contribution in [-0.2, 0) is 13.3 Å². The Morgan fingerprint density at radius 2 is 1.72 bits per heavy atom. The van der Waals surface area contributed by atoms with Crippen molar-refractivity contribution in [2.24, 2.45) is 5.92 Å². The Bertz CT molecular complexity index is 222. The van der Waals surface area contributed by atoms with Gasteiger partial charge >= 0.3 is 8.56 Å². The molecule has 0 heterocycles. The Balaban J connectivity index is 0. The average molecular weight is 331 g/mol. The van der Waals surface area contributed by atoms with E-state index in [9.17, 15) is 0 Å². The van der Waals surface area contributed by atoms with E-state index in [1.54, 1.807) is 19.9 Å². The number of halogens is 2. The van der Waals surface area contributed by atoms with E-state index in [1.807, 2.05) is 5.70 Å². The van der Waals surface area contributed by atoms with Crippen LogP contribution in [0.2, 0.25) is 6.04 Å². The third kappa shape index (κ3) is 11.5. The molecule has 0 fully saturated rings. The standard InChI is InChI=1S/C8H18O2Si.C3H6Cl2OSi/c1-6-11(9-4,10-5)7-8(2)3;1-2-7-6-3(4)5/h6,8H,1,7H2,2-5H3;2-3H,1,7H2. The largest absolute Gasteiger partial charge is 0.395 e. The van der Waals surface area contributed by atoms with Gasteiger partial charge < -0.3 is 13.3 Å². The second-order valence-electron chi connectivity index (χ2n) is 3.90. The zero-order chi connectivity index (χ0) is 14.6. The van der Waals surface area contributed by atoms with Gasteiger partial charge in [0.15, 0.2) is 14.8 Å². The highest BCUT2D eigenvalue weighted by Gasteiger charge is 2.32. The molecule has 7 heteroatoms. The molecular formula is C11H24Cl2O3Si2. The predicted octanol–water partition coefficient (Wildman–Crippen LogP) is 3.09. The van der Waals surface area contributed by atoms with Crippen molar-refractivity contribution < 1.29 is 13.3 Å². The van der Waals surface area contributed by atoms with Crippen molar-refractivity contribution >= 4 is 41.5 Å². The summed E-state index contributed by atoms with van der Waals surface area (Å²) in [5.74, 6) is 0.597. The molecule has 0 unspecified atom stereocenters. The van der Waals surface area contributed by atoms with Crippen molar-refractivity contribution in [1.82, 2.24) is 0 Å². The van der Waals surface area contributed by atoms with Gasteiger partial charge in [-0.2, -0.15) is 0 Å². The van der Waals surface area contributed by atoms with Crippen LogP contribution in [0.3, 0.4) is 0 Å². The molecule has 0 bridgehead atoms. The van der Waals surface area contributed by atoms with Crippen LogP contribution in [0.25, 0.3) is 0 Å². The van der Waals surface area contributed by atoms with Gasteiger partial charge in [-0.05, 0) is 17.7 Å². The SMILES string of the molecule is C=C[SiH2]OC(Cl)Cl.C=C[Si](CC(C)C)(OC)OC. The normalized spacial score (nSPS) is 11.8. The molecule has 0 saturated heterocycles. The molecule has 0 aromatic carbocycles. The fraction of sp³-hybridized carbons (Fsp3) is 0.636. The molecule has 0 aliphatic heterocycles. The fourth-order valence-corrected chi connectivity index (χ4v) is 4.07. The minimum Gasteiger partial charge on any atom is -0.395 e. The van der Waals surface area contributed by atoms with E-state index in [0.717, 1.165) is 6.04 Å². The highest BCUT2D eigenvalue weighted by Crippen LogP contribution is 2.18. The average Bonchev–Trinajstić information content (AvgIpc) is 2.34. The lowest BCUT2D eigenvalue weighted by molar-refractivity contribution is 0.250. The molecule has 0 aliphatic carbocycles. The minimum absolute atomic E-state index is 0.597. The summed E-state index contributed by atoms with van der Waals surface area (Å²) in [5, 5.41) is -0.662. The van der Waals surface area contributed by atoms with Gasteiger partial charge in [0, 0.05) is 14.2 Å². The number of alkyl halides is 2. The molecule has 0 N–H and O–H groups in total. The third-order valence-electron chi connectivity index (χ3n) is 2.03. The van der Waals surface area contributed by atoms with Crippen molar-refractivity contribution in [3.8, 4) is 0 Å². The predicted molar refractivity (Wildman–Crippen MR) is 84.9 cm³/mol. The van der Waals surface area contributed by atoms with Crippen molar-refractivity contribution in [3.05, 3.63) is 24.6 Å². The van der Waals surface area contributed by atoms with Gasteiger partial charge in [0.25, 0.3) is 0 Å². The zero-order valence-electron chi connectivity index (χ0n) is 11.6. The fourth-order valence-electron chi connectivity index (χ4n) is 1.21. The molecule has 0 rings (SSSR count). The van der Waals surface area contributed by atoms with E-state index in [0.29, 0.717) is 5.92 Å². The maximum atomic E-state index is 5.35. The lowest BCUT2D eigenvalue weighted by Crippen LogP contribution is -2.39.